The van der Waals surface area contributed by atoms with Crippen LogP contribution >= 0.6 is 0 Å². The Labute approximate surface area is 77.2 Å². The van der Waals surface area contributed by atoms with E-state index >= 15 is 0 Å². The average molecular weight is 176 g/mol. The summed E-state index contributed by atoms with van der Waals surface area (Å²) in [5.41, 5.74) is 1.52. The van der Waals surface area contributed by atoms with Gasteiger partial charge in [0, 0.05) is 0 Å². The summed E-state index contributed by atoms with van der Waals surface area (Å²) in [7, 11) is 0. The Morgan fingerprint density at radius 1 is 1.46 bits per heavy atom. The predicted octanol–water partition coefficient (Wildman–Crippen LogP) is 1.98. The van der Waals surface area contributed by atoms with Crippen molar-refractivity contribution in [2.45, 2.75) is 25.2 Å². The van der Waals surface area contributed by atoms with Gasteiger partial charge in [-0.3, -0.25) is 4.79 Å². The number of carboxylic acids is 1. The van der Waals surface area contributed by atoms with Crippen LogP contribution < -0.4 is 0 Å². The van der Waals surface area contributed by atoms with E-state index in [0.717, 1.165) is 18.4 Å². The van der Waals surface area contributed by atoms with E-state index in [1.165, 1.54) is 5.56 Å². The van der Waals surface area contributed by atoms with Gasteiger partial charge in [0.15, 0.2) is 0 Å². The molecule has 2 heteroatoms. The molecule has 0 fully saturated rings. The minimum absolute atomic E-state index is 0.656. The molecule has 2 rings (SSSR count). The Bertz CT molecular complexity index is 357. The van der Waals surface area contributed by atoms with Crippen LogP contribution in [0.2, 0.25) is 0 Å². The Morgan fingerprint density at radius 2 is 2.15 bits per heavy atom. The van der Waals surface area contributed by atoms with Crippen molar-refractivity contribution in [3.05, 3.63) is 35.4 Å². The third-order valence-electron chi connectivity index (χ3n) is 2.98. The van der Waals surface area contributed by atoms with Crippen molar-refractivity contribution in [1.82, 2.24) is 0 Å². The number of carbonyl (C=O) groups is 1. The Kier molecular flexibility index (Phi) is 1.65. The molecule has 0 heterocycles. The van der Waals surface area contributed by atoms with Gasteiger partial charge in [0.25, 0.3) is 0 Å². The summed E-state index contributed by atoms with van der Waals surface area (Å²) in [5, 5.41) is 9.12. The molecule has 13 heavy (non-hydrogen) atoms. The van der Waals surface area contributed by atoms with Gasteiger partial charge in [-0.2, -0.15) is 0 Å². The van der Waals surface area contributed by atoms with E-state index in [-0.39, 0.29) is 0 Å². The average Bonchev–Trinajstić information content (AvgIpc) is 2.47. The van der Waals surface area contributed by atoms with Crippen LogP contribution in [0.25, 0.3) is 0 Å². The third-order valence-corrected chi connectivity index (χ3v) is 2.98. The molecule has 0 aromatic heterocycles. The van der Waals surface area contributed by atoms with Crippen molar-refractivity contribution in [3.63, 3.8) is 0 Å². The van der Waals surface area contributed by atoms with Crippen LogP contribution in [0.4, 0.5) is 0 Å². The summed E-state index contributed by atoms with van der Waals surface area (Å²) in [4.78, 5) is 11.1. The van der Waals surface area contributed by atoms with E-state index in [0.29, 0.717) is 0 Å². The zero-order chi connectivity index (χ0) is 9.47. The minimum atomic E-state index is -0.711. The zero-order valence-electron chi connectivity index (χ0n) is 7.58. The number of hydrogen-bond acceptors (Lipinski definition) is 1. The van der Waals surface area contributed by atoms with Crippen LogP contribution in [0.1, 0.15) is 24.5 Å². The van der Waals surface area contributed by atoms with Gasteiger partial charge in [0.2, 0.25) is 0 Å². The maximum atomic E-state index is 11.1. The van der Waals surface area contributed by atoms with Crippen molar-refractivity contribution in [2.75, 3.05) is 0 Å². The topological polar surface area (TPSA) is 37.3 Å². The molecule has 0 radical (unpaired) electrons. The molecule has 0 saturated heterocycles. The molecular weight excluding hydrogens is 164 g/mol. The molecule has 0 bridgehead atoms. The number of rotatable bonds is 1. The lowest BCUT2D eigenvalue weighted by Gasteiger charge is -2.19. The van der Waals surface area contributed by atoms with E-state index in [1.54, 1.807) is 6.92 Å². The monoisotopic (exact) mass is 176 g/mol. The fraction of sp³-hybridized carbons (Fsp3) is 0.364. The molecule has 1 aliphatic rings. The van der Waals surface area contributed by atoms with Gasteiger partial charge in [0.05, 0.1) is 5.41 Å². The molecular formula is C11H12O2. The van der Waals surface area contributed by atoms with Gasteiger partial charge >= 0.3 is 5.97 Å². The predicted molar refractivity (Wildman–Crippen MR) is 49.8 cm³/mol. The fourth-order valence-electron chi connectivity index (χ4n) is 2.02. The number of carboxylic acid groups (broad SMARTS) is 1. The first-order valence-corrected chi connectivity index (χ1v) is 4.46. The summed E-state index contributed by atoms with van der Waals surface area (Å²) >= 11 is 0. The van der Waals surface area contributed by atoms with Crippen molar-refractivity contribution in [3.8, 4) is 0 Å². The van der Waals surface area contributed by atoms with E-state index in [4.69, 9.17) is 5.11 Å². The van der Waals surface area contributed by atoms with Gasteiger partial charge in [-0.05, 0) is 30.9 Å². The van der Waals surface area contributed by atoms with E-state index in [2.05, 4.69) is 0 Å². The van der Waals surface area contributed by atoms with Crippen molar-refractivity contribution >= 4 is 5.97 Å². The van der Waals surface area contributed by atoms with Crippen molar-refractivity contribution in [1.29, 1.82) is 0 Å². The highest BCUT2D eigenvalue weighted by Gasteiger charge is 2.40. The van der Waals surface area contributed by atoms with Gasteiger partial charge in [0.1, 0.15) is 0 Å². The molecule has 1 N–H and O–H groups in total. The second-order valence-electron chi connectivity index (χ2n) is 3.79. The Balaban J connectivity index is 2.55. The van der Waals surface area contributed by atoms with E-state index in [9.17, 15) is 4.79 Å². The molecule has 1 aromatic rings. The largest absolute Gasteiger partial charge is 0.481 e. The first-order chi connectivity index (χ1) is 6.14. The van der Waals surface area contributed by atoms with Crippen molar-refractivity contribution in [2.24, 2.45) is 0 Å². The van der Waals surface area contributed by atoms with Crippen LogP contribution in [0.5, 0.6) is 0 Å². The number of fused-ring (bicyclic) bond motifs is 1. The lowest BCUT2D eigenvalue weighted by Crippen LogP contribution is -2.29. The summed E-state index contributed by atoms with van der Waals surface area (Å²) in [6, 6.07) is 7.82. The van der Waals surface area contributed by atoms with Crippen LogP contribution in [0.15, 0.2) is 24.3 Å². The highest BCUT2D eigenvalue weighted by molar-refractivity contribution is 5.82. The van der Waals surface area contributed by atoms with Crippen LogP contribution in [0, 0.1) is 0 Å². The first kappa shape index (κ1) is 8.30. The number of benzene rings is 1. The van der Waals surface area contributed by atoms with E-state index < -0.39 is 11.4 Å². The Hall–Kier alpha value is -1.31. The molecule has 68 valence electrons. The summed E-state index contributed by atoms with van der Waals surface area (Å²) in [5.74, 6) is -0.711. The lowest BCUT2D eigenvalue weighted by molar-refractivity contribution is -0.143. The highest BCUT2D eigenvalue weighted by Crippen LogP contribution is 2.38. The van der Waals surface area contributed by atoms with Gasteiger partial charge in [-0.15, -0.1) is 0 Å². The molecule has 1 aliphatic carbocycles. The highest BCUT2D eigenvalue weighted by atomic mass is 16.4. The minimum Gasteiger partial charge on any atom is -0.481 e. The molecule has 0 aliphatic heterocycles. The summed E-state index contributed by atoms with van der Waals surface area (Å²) in [6.45, 7) is 1.81. The fourth-order valence-corrected chi connectivity index (χ4v) is 2.02. The molecule has 0 amide bonds. The normalized spacial score (nSPS) is 25.6. The molecule has 0 unspecified atom stereocenters. The Morgan fingerprint density at radius 3 is 2.85 bits per heavy atom. The molecule has 0 saturated carbocycles. The van der Waals surface area contributed by atoms with Gasteiger partial charge in [-0.25, -0.2) is 0 Å². The standard InChI is InChI=1S/C11H12O2/c1-11(10(12)13)7-6-8-4-2-3-5-9(8)11/h2-5H,6-7H2,1H3,(H,12,13)/t11-/m0/s1. The van der Waals surface area contributed by atoms with Crippen LogP contribution in [-0.4, -0.2) is 11.1 Å². The number of aryl methyl sites for hydroxylation is 1. The molecule has 2 nitrogen and oxygen atoms in total. The van der Waals surface area contributed by atoms with Crippen LogP contribution in [0.3, 0.4) is 0 Å². The SMILES string of the molecule is C[C@]1(C(=O)O)CCc2ccccc21. The van der Waals surface area contributed by atoms with E-state index in [1.807, 2.05) is 24.3 Å². The summed E-state index contributed by atoms with van der Waals surface area (Å²) < 4.78 is 0. The lowest BCUT2D eigenvalue weighted by atomic mass is 9.84. The maximum Gasteiger partial charge on any atom is 0.313 e. The van der Waals surface area contributed by atoms with Crippen molar-refractivity contribution < 1.29 is 9.90 Å². The zero-order valence-corrected chi connectivity index (χ0v) is 7.58. The quantitative estimate of drug-likeness (QED) is 0.710. The summed E-state index contributed by atoms with van der Waals surface area (Å²) in [6.07, 6.45) is 1.61. The molecule has 0 spiro atoms. The third kappa shape index (κ3) is 1.05. The van der Waals surface area contributed by atoms with Gasteiger partial charge < -0.3 is 5.11 Å². The number of hydrogen-bond donors (Lipinski definition) is 1. The van der Waals surface area contributed by atoms with Gasteiger partial charge in [-0.1, -0.05) is 24.3 Å². The first-order valence-electron chi connectivity index (χ1n) is 4.46. The van der Waals surface area contributed by atoms with Crippen LogP contribution in [-0.2, 0) is 16.6 Å². The maximum absolute atomic E-state index is 11.1. The second kappa shape index (κ2) is 2.59. The second-order valence-corrected chi connectivity index (χ2v) is 3.79. The number of aliphatic carboxylic acids is 1. The molecule has 1 atom stereocenters. The molecule has 1 aromatic carbocycles. The smallest absolute Gasteiger partial charge is 0.313 e.